The first-order valence-corrected chi connectivity index (χ1v) is 5.91. The van der Waals surface area contributed by atoms with Crippen LogP contribution in [0.25, 0.3) is 0 Å². The number of nitriles is 1. The van der Waals surface area contributed by atoms with Crippen molar-refractivity contribution in [2.24, 2.45) is 5.92 Å². The summed E-state index contributed by atoms with van der Waals surface area (Å²) in [4.78, 5) is 0. The maximum Gasteiger partial charge on any atom is 0.138 e. The van der Waals surface area contributed by atoms with Crippen LogP contribution in [0, 0.1) is 17.2 Å². The average Bonchev–Trinajstić information content (AvgIpc) is 2.30. The van der Waals surface area contributed by atoms with Crippen molar-refractivity contribution in [2.75, 3.05) is 6.61 Å². The van der Waals surface area contributed by atoms with Gasteiger partial charge in [0.2, 0.25) is 0 Å². The molecule has 86 valence electrons. The maximum atomic E-state index is 8.92. The van der Waals surface area contributed by atoms with Crippen LogP contribution in [-0.2, 0) is 0 Å². The first-order chi connectivity index (χ1) is 7.71. The van der Waals surface area contributed by atoms with Crippen LogP contribution < -0.4 is 4.74 Å². The van der Waals surface area contributed by atoms with Gasteiger partial charge in [-0.25, -0.2) is 0 Å². The Morgan fingerprint density at radius 3 is 2.62 bits per heavy atom. The first-order valence-electron chi connectivity index (χ1n) is 5.53. The third-order valence-corrected chi connectivity index (χ3v) is 2.93. The van der Waals surface area contributed by atoms with Gasteiger partial charge in [-0.05, 0) is 18.1 Å². The summed E-state index contributed by atoms with van der Waals surface area (Å²) < 4.78 is 5.65. The summed E-state index contributed by atoms with van der Waals surface area (Å²) in [5.41, 5.74) is 0.537. The molecule has 0 saturated carbocycles. The van der Waals surface area contributed by atoms with E-state index in [2.05, 4.69) is 19.9 Å². The van der Waals surface area contributed by atoms with Gasteiger partial charge in [-0.15, -0.1) is 0 Å². The second-order valence-corrected chi connectivity index (χ2v) is 4.18. The number of hydrogen-bond donors (Lipinski definition) is 0. The Hall–Kier alpha value is -1.20. The number of ether oxygens (including phenoxy) is 1. The van der Waals surface area contributed by atoms with Gasteiger partial charge in [-0.2, -0.15) is 5.26 Å². The second kappa shape index (κ2) is 6.40. The minimum atomic E-state index is 0.533. The molecule has 0 fully saturated rings. The Balaban J connectivity index is 2.73. The summed E-state index contributed by atoms with van der Waals surface area (Å²) in [7, 11) is 0. The molecule has 0 atom stereocenters. The fourth-order valence-electron chi connectivity index (χ4n) is 1.44. The molecule has 0 N–H and O–H groups in total. The van der Waals surface area contributed by atoms with E-state index < -0.39 is 0 Å². The summed E-state index contributed by atoms with van der Waals surface area (Å²) in [6, 6.07) is 7.18. The molecule has 0 heterocycles. The molecule has 0 amide bonds. The largest absolute Gasteiger partial charge is 0.492 e. The monoisotopic (exact) mass is 237 g/mol. The van der Waals surface area contributed by atoms with E-state index in [4.69, 9.17) is 21.6 Å². The number of hydrogen-bond acceptors (Lipinski definition) is 2. The van der Waals surface area contributed by atoms with Crippen molar-refractivity contribution >= 4 is 11.6 Å². The predicted octanol–water partition coefficient (Wildman–Crippen LogP) is 4.03. The molecule has 0 aromatic heterocycles. The van der Waals surface area contributed by atoms with Crippen LogP contribution in [-0.4, -0.2) is 6.61 Å². The molecule has 1 aromatic carbocycles. The van der Waals surface area contributed by atoms with Gasteiger partial charge in [0.25, 0.3) is 0 Å². The second-order valence-electron chi connectivity index (χ2n) is 3.75. The average molecular weight is 238 g/mol. The highest BCUT2D eigenvalue weighted by Gasteiger charge is 2.08. The van der Waals surface area contributed by atoms with Crippen LogP contribution >= 0.6 is 11.6 Å². The third-order valence-electron chi connectivity index (χ3n) is 2.69. The van der Waals surface area contributed by atoms with Crippen molar-refractivity contribution in [3.05, 3.63) is 28.8 Å². The normalized spacial score (nSPS) is 10.2. The fraction of sp³-hybridized carbons (Fsp3) is 0.462. The van der Waals surface area contributed by atoms with Crippen LogP contribution in [0.1, 0.15) is 32.3 Å². The fourth-order valence-corrected chi connectivity index (χ4v) is 1.60. The quantitative estimate of drug-likeness (QED) is 0.775. The smallest absolute Gasteiger partial charge is 0.138 e. The molecule has 3 heteroatoms. The molecule has 1 rings (SSSR count). The van der Waals surface area contributed by atoms with E-state index in [1.54, 1.807) is 18.2 Å². The van der Waals surface area contributed by atoms with E-state index in [-0.39, 0.29) is 0 Å². The summed E-state index contributed by atoms with van der Waals surface area (Å²) in [6.07, 6.45) is 2.16. The van der Waals surface area contributed by atoms with Gasteiger partial charge in [0.15, 0.2) is 0 Å². The van der Waals surface area contributed by atoms with Crippen LogP contribution in [0.2, 0.25) is 5.02 Å². The lowest BCUT2D eigenvalue weighted by atomic mass is 10.1. The zero-order chi connectivity index (χ0) is 12.0. The highest BCUT2D eigenvalue weighted by molar-refractivity contribution is 6.30. The molecule has 0 aliphatic carbocycles. The highest BCUT2D eigenvalue weighted by Crippen LogP contribution is 2.23. The molecular formula is C13H16ClNO. The molecule has 1 aromatic rings. The number of rotatable bonds is 5. The van der Waals surface area contributed by atoms with Crippen LogP contribution in [0.4, 0.5) is 0 Å². The lowest BCUT2D eigenvalue weighted by Gasteiger charge is -2.14. The molecule has 0 aliphatic rings. The summed E-state index contributed by atoms with van der Waals surface area (Å²) >= 11 is 5.87. The maximum absolute atomic E-state index is 8.92. The van der Waals surface area contributed by atoms with Gasteiger partial charge >= 0.3 is 0 Å². The van der Waals surface area contributed by atoms with Crippen molar-refractivity contribution < 1.29 is 4.74 Å². The lowest BCUT2D eigenvalue weighted by molar-refractivity contribution is 0.240. The Bertz CT molecular complexity index is 380. The van der Waals surface area contributed by atoms with Crippen molar-refractivity contribution in [1.82, 2.24) is 0 Å². The molecular weight excluding hydrogens is 222 g/mol. The van der Waals surface area contributed by atoms with Crippen LogP contribution in [0.3, 0.4) is 0 Å². The van der Waals surface area contributed by atoms with Gasteiger partial charge in [0, 0.05) is 11.1 Å². The number of nitrogens with zero attached hydrogens (tertiary/aromatic N) is 1. The minimum absolute atomic E-state index is 0.533. The topological polar surface area (TPSA) is 33.0 Å². The van der Waals surface area contributed by atoms with Crippen molar-refractivity contribution in [3.8, 4) is 11.8 Å². The SMILES string of the molecule is CCC(CC)COc1cc(Cl)ccc1C#N. The zero-order valence-corrected chi connectivity index (χ0v) is 10.4. The molecule has 0 radical (unpaired) electrons. The van der Waals surface area contributed by atoms with Gasteiger partial charge < -0.3 is 4.74 Å². The molecule has 0 aliphatic heterocycles. The van der Waals surface area contributed by atoms with E-state index in [1.807, 2.05) is 0 Å². The van der Waals surface area contributed by atoms with E-state index in [0.717, 1.165) is 12.8 Å². The Morgan fingerprint density at radius 2 is 2.06 bits per heavy atom. The van der Waals surface area contributed by atoms with E-state index in [9.17, 15) is 0 Å². The predicted molar refractivity (Wildman–Crippen MR) is 65.7 cm³/mol. The minimum Gasteiger partial charge on any atom is -0.492 e. The lowest BCUT2D eigenvalue weighted by Crippen LogP contribution is -2.10. The molecule has 0 saturated heterocycles. The standard InChI is InChI=1S/C13H16ClNO/c1-3-10(4-2)9-16-13-7-12(14)6-5-11(13)8-15/h5-7,10H,3-4,9H2,1-2H3. The van der Waals surface area contributed by atoms with Gasteiger partial charge in [-0.3, -0.25) is 0 Å². The van der Waals surface area contributed by atoms with E-state index in [0.29, 0.717) is 28.9 Å². The zero-order valence-electron chi connectivity index (χ0n) is 9.66. The van der Waals surface area contributed by atoms with E-state index >= 15 is 0 Å². The van der Waals surface area contributed by atoms with Gasteiger partial charge in [-0.1, -0.05) is 38.3 Å². The van der Waals surface area contributed by atoms with Crippen molar-refractivity contribution in [2.45, 2.75) is 26.7 Å². The summed E-state index contributed by atoms with van der Waals surface area (Å²) in [5.74, 6) is 1.12. The molecule has 2 nitrogen and oxygen atoms in total. The summed E-state index contributed by atoms with van der Waals surface area (Å²) in [6.45, 7) is 4.92. The molecule has 0 bridgehead atoms. The molecule has 0 unspecified atom stereocenters. The Kier molecular flexibility index (Phi) is 5.14. The Labute approximate surface area is 102 Å². The van der Waals surface area contributed by atoms with Gasteiger partial charge in [0.1, 0.15) is 11.8 Å². The Morgan fingerprint density at radius 1 is 1.38 bits per heavy atom. The van der Waals surface area contributed by atoms with Crippen LogP contribution in [0.15, 0.2) is 18.2 Å². The number of benzene rings is 1. The van der Waals surface area contributed by atoms with E-state index in [1.165, 1.54) is 0 Å². The summed E-state index contributed by atoms with van der Waals surface area (Å²) in [5, 5.41) is 9.51. The van der Waals surface area contributed by atoms with Gasteiger partial charge in [0.05, 0.1) is 12.2 Å². The van der Waals surface area contributed by atoms with Crippen LogP contribution in [0.5, 0.6) is 5.75 Å². The van der Waals surface area contributed by atoms with Crippen molar-refractivity contribution in [1.29, 1.82) is 5.26 Å². The first kappa shape index (κ1) is 12.9. The molecule has 16 heavy (non-hydrogen) atoms. The third kappa shape index (κ3) is 3.43. The highest BCUT2D eigenvalue weighted by atomic mass is 35.5. The van der Waals surface area contributed by atoms with Crippen molar-refractivity contribution in [3.63, 3.8) is 0 Å². The number of halogens is 1. The molecule has 0 spiro atoms.